The van der Waals surface area contributed by atoms with Crippen molar-refractivity contribution in [2.75, 3.05) is 21.3 Å². The molecule has 0 heterocycles. The Kier molecular flexibility index (Phi) is 8.55. The normalized spacial score (nSPS) is 13.5. The lowest BCUT2D eigenvalue weighted by Gasteiger charge is -2.42. The number of hydrogen-bond donors (Lipinski definition) is 0. The number of rotatable bonds is 11. The SMILES string of the molecule is CO[Si](OC)(OC)O[Si](O[Si](C)(C)O[Si](C)(C)C)(c1ccccc1)c1ccccc1. The molecular formula is C20H34O6Si4. The summed E-state index contributed by atoms with van der Waals surface area (Å²) in [5, 5.41) is 1.89. The van der Waals surface area contributed by atoms with Gasteiger partial charge in [0.05, 0.1) is 0 Å². The molecule has 0 bridgehead atoms. The smallest absolute Gasteiger partial charge is 0.437 e. The molecule has 6 nitrogen and oxygen atoms in total. The van der Waals surface area contributed by atoms with Gasteiger partial charge in [-0.2, -0.15) is 0 Å². The molecule has 10 heteroatoms. The average molecular weight is 483 g/mol. The molecule has 0 spiro atoms. The molecule has 0 fully saturated rings. The molecule has 0 amide bonds. The van der Waals surface area contributed by atoms with Crippen molar-refractivity contribution in [1.29, 1.82) is 0 Å². The van der Waals surface area contributed by atoms with Crippen molar-refractivity contribution in [3.63, 3.8) is 0 Å². The van der Waals surface area contributed by atoms with Crippen molar-refractivity contribution >= 4 is 44.9 Å². The molecule has 0 N–H and O–H groups in total. The molecule has 30 heavy (non-hydrogen) atoms. The predicted molar refractivity (Wildman–Crippen MR) is 129 cm³/mol. The standard InChI is InChI=1S/C20H34O6Si4/c1-21-30(22-2,23-3)26-29(19-15-11-9-12-16-19,20-17-13-10-14-18-20)25-28(7,8)24-27(4,5)6/h9-18H,1-8H3. The van der Waals surface area contributed by atoms with Crippen molar-refractivity contribution in [2.24, 2.45) is 0 Å². The minimum absolute atomic E-state index is 0.943. The second kappa shape index (κ2) is 10.1. The Morgan fingerprint density at radius 3 is 1.27 bits per heavy atom. The first-order valence-electron chi connectivity index (χ1n) is 9.88. The van der Waals surface area contributed by atoms with Gasteiger partial charge in [-0.05, 0) is 43.1 Å². The number of benzene rings is 2. The van der Waals surface area contributed by atoms with Crippen molar-refractivity contribution in [2.45, 2.75) is 32.7 Å². The molecule has 2 rings (SSSR count). The Morgan fingerprint density at radius 2 is 0.933 bits per heavy atom. The van der Waals surface area contributed by atoms with E-state index in [2.05, 4.69) is 32.7 Å². The third-order valence-electron chi connectivity index (χ3n) is 4.27. The first kappa shape index (κ1) is 25.3. The summed E-state index contributed by atoms with van der Waals surface area (Å²) in [6.07, 6.45) is 0. The molecule has 0 saturated carbocycles. The fourth-order valence-electron chi connectivity index (χ4n) is 3.39. The maximum atomic E-state index is 7.00. The summed E-state index contributed by atoms with van der Waals surface area (Å²) in [6, 6.07) is 20.0. The predicted octanol–water partition coefficient (Wildman–Crippen LogP) is 3.20. The van der Waals surface area contributed by atoms with E-state index in [1.54, 1.807) is 0 Å². The van der Waals surface area contributed by atoms with Crippen molar-refractivity contribution in [3.8, 4) is 0 Å². The lowest BCUT2D eigenvalue weighted by Crippen LogP contribution is -2.73. The van der Waals surface area contributed by atoms with E-state index in [1.807, 2.05) is 60.7 Å². The molecule has 0 radical (unpaired) electrons. The molecule has 2 aromatic carbocycles. The molecular weight excluding hydrogens is 449 g/mol. The van der Waals surface area contributed by atoms with E-state index in [0.717, 1.165) is 10.4 Å². The van der Waals surface area contributed by atoms with Gasteiger partial charge < -0.3 is 25.6 Å². The summed E-state index contributed by atoms with van der Waals surface area (Å²) in [6.45, 7) is 10.6. The first-order chi connectivity index (χ1) is 14.0. The Bertz CT molecular complexity index is 731. The third-order valence-corrected chi connectivity index (χ3v) is 17.6. The summed E-state index contributed by atoms with van der Waals surface area (Å²) < 4.78 is 37.3. The van der Waals surface area contributed by atoms with Gasteiger partial charge in [-0.15, -0.1) is 0 Å². The van der Waals surface area contributed by atoms with Gasteiger partial charge >= 0.3 is 26.2 Å². The van der Waals surface area contributed by atoms with E-state index in [0.29, 0.717) is 0 Å². The molecule has 2 aromatic rings. The lowest BCUT2D eigenvalue weighted by molar-refractivity contribution is 0.0425. The largest absolute Gasteiger partial charge is 0.670 e. The van der Waals surface area contributed by atoms with Crippen LogP contribution in [0.1, 0.15) is 0 Å². The topological polar surface area (TPSA) is 55.4 Å². The molecule has 0 aliphatic carbocycles. The van der Waals surface area contributed by atoms with Crippen LogP contribution < -0.4 is 10.4 Å². The molecule has 0 unspecified atom stereocenters. The molecule has 0 aromatic heterocycles. The van der Waals surface area contributed by atoms with Crippen LogP contribution in [0, 0.1) is 0 Å². The van der Waals surface area contributed by atoms with Crippen LogP contribution in [0.4, 0.5) is 0 Å². The highest BCUT2D eigenvalue weighted by Crippen LogP contribution is 2.25. The highest BCUT2D eigenvalue weighted by molar-refractivity contribution is 7.01. The molecule has 0 atom stereocenters. The minimum Gasteiger partial charge on any atom is -0.437 e. The summed E-state index contributed by atoms with van der Waals surface area (Å²) >= 11 is 0. The highest BCUT2D eigenvalue weighted by atomic mass is 28.5. The van der Waals surface area contributed by atoms with Crippen LogP contribution in [0.5, 0.6) is 0 Å². The van der Waals surface area contributed by atoms with E-state index in [1.165, 1.54) is 21.3 Å². The monoisotopic (exact) mass is 482 g/mol. The second-order valence-corrected chi connectivity index (χ2v) is 22.4. The van der Waals surface area contributed by atoms with Gasteiger partial charge in [0.1, 0.15) is 0 Å². The zero-order valence-corrected chi connectivity index (χ0v) is 23.2. The first-order valence-corrected chi connectivity index (χ1v) is 19.6. The summed E-state index contributed by atoms with van der Waals surface area (Å²) in [4.78, 5) is 0. The van der Waals surface area contributed by atoms with Gasteiger partial charge in [-0.1, -0.05) is 60.7 Å². The van der Waals surface area contributed by atoms with Crippen molar-refractivity contribution in [3.05, 3.63) is 60.7 Å². The number of hydrogen-bond acceptors (Lipinski definition) is 6. The average Bonchev–Trinajstić information content (AvgIpc) is 2.71. The van der Waals surface area contributed by atoms with Gasteiger partial charge in [0.15, 0.2) is 8.32 Å². The summed E-state index contributed by atoms with van der Waals surface area (Å²) in [5.74, 6) is 0. The third kappa shape index (κ3) is 6.29. The van der Waals surface area contributed by atoms with E-state index in [4.69, 9.17) is 25.6 Å². The molecule has 166 valence electrons. The van der Waals surface area contributed by atoms with E-state index < -0.39 is 34.5 Å². The zero-order valence-electron chi connectivity index (χ0n) is 19.2. The van der Waals surface area contributed by atoms with Gasteiger partial charge in [0.25, 0.3) is 0 Å². The summed E-state index contributed by atoms with van der Waals surface area (Å²) in [5.41, 5.74) is 0. The lowest BCUT2D eigenvalue weighted by atomic mass is 10.4. The van der Waals surface area contributed by atoms with Crippen LogP contribution in [0.25, 0.3) is 0 Å². The quantitative estimate of drug-likeness (QED) is 0.459. The van der Waals surface area contributed by atoms with E-state index >= 15 is 0 Å². The molecule has 0 aliphatic heterocycles. The summed E-state index contributed by atoms with van der Waals surface area (Å²) in [7, 11) is -6.67. The second-order valence-electron chi connectivity index (χ2n) is 8.28. The van der Waals surface area contributed by atoms with E-state index in [-0.39, 0.29) is 0 Å². The van der Waals surface area contributed by atoms with Gasteiger partial charge in [0, 0.05) is 21.3 Å². The van der Waals surface area contributed by atoms with Crippen molar-refractivity contribution in [1.82, 2.24) is 0 Å². The van der Waals surface area contributed by atoms with Crippen LogP contribution in [-0.2, 0) is 25.6 Å². The molecule has 0 saturated heterocycles. The van der Waals surface area contributed by atoms with Gasteiger partial charge in [0.2, 0.25) is 0 Å². The highest BCUT2D eigenvalue weighted by Gasteiger charge is 2.58. The van der Waals surface area contributed by atoms with Gasteiger partial charge in [-0.25, -0.2) is 0 Å². The van der Waals surface area contributed by atoms with Crippen LogP contribution in [0.3, 0.4) is 0 Å². The Balaban J connectivity index is 2.73. The maximum absolute atomic E-state index is 7.00. The van der Waals surface area contributed by atoms with Crippen molar-refractivity contribution < 1.29 is 25.6 Å². The Labute approximate surface area is 185 Å². The van der Waals surface area contributed by atoms with Crippen LogP contribution in [0.2, 0.25) is 32.7 Å². The zero-order chi connectivity index (χ0) is 22.5. The fourth-order valence-corrected chi connectivity index (χ4v) is 19.5. The Morgan fingerprint density at radius 1 is 0.533 bits per heavy atom. The van der Waals surface area contributed by atoms with Crippen LogP contribution >= 0.6 is 0 Å². The van der Waals surface area contributed by atoms with E-state index in [9.17, 15) is 0 Å². The van der Waals surface area contributed by atoms with Crippen LogP contribution in [0.15, 0.2) is 60.7 Å². The Hall–Kier alpha value is -0.932. The maximum Gasteiger partial charge on any atom is 0.670 e. The molecule has 0 aliphatic rings. The van der Waals surface area contributed by atoms with Crippen LogP contribution in [-0.4, -0.2) is 55.8 Å². The fraction of sp³-hybridized carbons (Fsp3) is 0.400. The van der Waals surface area contributed by atoms with Gasteiger partial charge in [-0.3, -0.25) is 0 Å². The minimum atomic E-state index is -3.46.